The summed E-state index contributed by atoms with van der Waals surface area (Å²) < 4.78 is 11.7. The SMILES string of the molecule is CC1(C)Cc2ccc3c(c2O1)OCCC[C@H]3O. The van der Waals surface area contributed by atoms with Gasteiger partial charge in [-0.25, -0.2) is 0 Å². The van der Waals surface area contributed by atoms with Crippen molar-refractivity contribution in [1.82, 2.24) is 0 Å². The van der Waals surface area contributed by atoms with Crippen molar-refractivity contribution in [1.29, 1.82) is 0 Å². The van der Waals surface area contributed by atoms with Crippen LogP contribution in [0.5, 0.6) is 11.5 Å². The quantitative estimate of drug-likeness (QED) is 0.750. The first-order chi connectivity index (χ1) is 8.07. The van der Waals surface area contributed by atoms with E-state index in [0.29, 0.717) is 6.61 Å². The molecule has 92 valence electrons. The fourth-order valence-electron chi connectivity index (χ4n) is 2.66. The van der Waals surface area contributed by atoms with Gasteiger partial charge in [0, 0.05) is 17.5 Å². The summed E-state index contributed by atoms with van der Waals surface area (Å²) in [6.45, 7) is 4.81. The Kier molecular flexibility index (Phi) is 2.33. The molecule has 0 aliphatic carbocycles. The lowest BCUT2D eigenvalue weighted by Crippen LogP contribution is -2.24. The van der Waals surface area contributed by atoms with Gasteiger partial charge in [0.1, 0.15) is 5.60 Å². The maximum Gasteiger partial charge on any atom is 0.167 e. The molecule has 1 atom stereocenters. The average Bonchev–Trinajstić information content (AvgIpc) is 2.45. The van der Waals surface area contributed by atoms with Crippen LogP contribution in [0.25, 0.3) is 0 Å². The fourth-order valence-corrected chi connectivity index (χ4v) is 2.66. The predicted octanol–water partition coefficient (Wildman–Crippen LogP) is 2.61. The number of benzene rings is 1. The molecular formula is C14H18O3. The molecule has 2 heterocycles. The molecule has 0 spiro atoms. The van der Waals surface area contributed by atoms with E-state index >= 15 is 0 Å². The zero-order valence-corrected chi connectivity index (χ0v) is 10.3. The van der Waals surface area contributed by atoms with Gasteiger partial charge in [-0.15, -0.1) is 0 Å². The Hall–Kier alpha value is -1.22. The Morgan fingerprint density at radius 2 is 2.12 bits per heavy atom. The first kappa shape index (κ1) is 10.9. The lowest BCUT2D eigenvalue weighted by atomic mass is 9.98. The molecule has 3 nitrogen and oxygen atoms in total. The van der Waals surface area contributed by atoms with E-state index in [2.05, 4.69) is 19.9 Å². The topological polar surface area (TPSA) is 38.7 Å². The molecule has 1 aromatic rings. The van der Waals surface area contributed by atoms with E-state index in [9.17, 15) is 5.11 Å². The molecule has 0 aromatic heterocycles. The summed E-state index contributed by atoms with van der Waals surface area (Å²) in [7, 11) is 0. The van der Waals surface area contributed by atoms with Gasteiger partial charge in [0.15, 0.2) is 11.5 Å². The van der Waals surface area contributed by atoms with Crippen LogP contribution in [-0.4, -0.2) is 17.3 Å². The van der Waals surface area contributed by atoms with Crippen LogP contribution in [0.2, 0.25) is 0 Å². The highest BCUT2D eigenvalue weighted by atomic mass is 16.5. The average molecular weight is 234 g/mol. The van der Waals surface area contributed by atoms with Crippen LogP contribution in [-0.2, 0) is 6.42 Å². The molecular weight excluding hydrogens is 216 g/mol. The van der Waals surface area contributed by atoms with Gasteiger partial charge in [0.05, 0.1) is 12.7 Å². The molecule has 2 aliphatic heterocycles. The van der Waals surface area contributed by atoms with E-state index in [1.165, 1.54) is 5.56 Å². The molecule has 3 rings (SSSR count). The monoisotopic (exact) mass is 234 g/mol. The maximum absolute atomic E-state index is 10.1. The molecule has 0 radical (unpaired) electrons. The summed E-state index contributed by atoms with van der Waals surface area (Å²) in [5, 5.41) is 10.1. The number of aliphatic hydroxyl groups is 1. The van der Waals surface area contributed by atoms with Crippen molar-refractivity contribution in [3.8, 4) is 11.5 Å². The summed E-state index contributed by atoms with van der Waals surface area (Å²) in [4.78, 5) is 0. The summed E-state index contributed by atoms with van der Waals surface area (Å²) in [5.41, 5.74) is 1.89. The second-order valence-corrected chi connectivity index (χ2v) is 5.52. The molecule has 2 aliphatic rings. The van der Waals surface area contributed by atoms with Crippen LogP contribution >= 0.6 is 0 Å². The zero-order valence-electron chi connectivity index (χ0n) is 10.3. The van der Waals surface area contributed by atoms with Crippen LogP contribution in [0, 0.1) is 0 Å². The van der Waals surface area contributed by atoms with Gasteiger partial charge < -0.3 is 14.6 Å². The number of hydrogen-bond donors (Lipinski definition) is 1. The van der Waals surface area contributed by atoms with E-state index in [0.717, 1.165) is 36.3 Å². The van der Waals surface area contributed by atoms with Gasteiger partial charge in [0.2, 0.25) is 0 Å². The minimum atomic E-state index is -0.426. The third-order valence-electron chi connectivity index (χ3n) is 3.45. The smallest absolute Gasteiger partial charge is 0.167 e. The summed E-state index contributed by atoms with van der Waals surface area (Å²) in [6.07, 6.45) is 2.11. The lowest BCUT2D eigenvalue weighted by Gasteiger charge is -2.19. The zero-order chi connectivity index (χ0) is 12.0. The number of aliphatic hydroxyl groups excluding tert-OH is 1. The van der Waals surface area contributed by atoms with Gasteiger partial charge in [-0.3, -0.25) is 0 Å². The Balaban J connectivity index is 2.10. The fraction of sp³-hybridized carbons (Fsp3) is 0.571. The number of ether oxygens (including phenoxy) is 2. The molecule has 0 fully saturated rings. The van der Waals surface area contributed by atoms with Gasteiger partial charge in [-0.05, 0) is 26.7 Å². The van der Waals surface area contributed by atoms with Gasteiger partial charge in [-0.2, -0.15) is 0 Å². The van der Waals surface area contributed by atoms with Crippen LogP contribution < -0.4 is 9.47 Å². The van der Waals surface area contributed by atoms with E-state index < -0.39 is 6.10 Å². The Labute approximate surface area is 101 Å². The Morgan fingerprint density at radius 3 is 2.94 bits per heavy atom. The van der Waals surface area contributed by atoms with Gasteiger partial charge in [0.25, 0.3) is 0 Å². The highest BCUT2D eigenvalue weighted by molar-refractivity contribution is 5.55. The standard InChI is InChI=1S/C14H18O3/c1-14(2)8-9-5-6-10-11(15)4-3-7-16-13(10)12(9)17-14/h5-6,11,15H,3-4,7-8H2,1-2H3/t11-/m1/s1. The Morgan fingerprint density at radius 1 is 1.29 bits per heavy atom. The molecule has 3 heteroatoms. The third-order valence-corrected chi connectivity index (χ3v) is 3.45. The van der Waals surface area contributed by atoms with E-state index in [1.807, 2.05) is 6.07 Å². The first-order valence-corrected chi connectivity index (χ1v) is 6.22. The van der Waals surface area contributed by atoms with Crippen molar-refractivity contribution in [3.05, 3.63) is 23.3 Å². The van der Waals surface area contributed by atoms with Gasteiger partial charge >= 0.3 is 0 Å². The van der Waals surface area contributed by atoms with Crippen molar-refractivity contribution in [3.63, 3.8) is 0 Å². The second kappa shape index (κ2) is 3.64. The molecule has 1 N–H and O–H groups in total. The lowest BCUT2D eigenvalue weighted by molar-refractivity contribution is 0.132. The van der Waals surface area contributed by atoms with Crippen molar-refractivity contribution < 1.29 is 14.6 Å². The molecule has 0 saturated carbocycles. The highest BCUT2D eigenvalue weighted by Gasteiger charge is 2.35. The first-order valence-electron chi connectivity index (χ1n) is 6.22. The van der Waals surface area contributed by atoms with Crippen LogP contribution in [0.15, 0.2) is 12.1 Å². The number of fused-ring (bicyclic) bond motifs is 3. The molecule has 0 bridgehead atoms. The van der Waals surface area contributed by atoms with E-state index in [4.69, 9.17) is 9.47 Å². The van der Waals surface area contributed by atoms with Crippen LogP contribution in [0.4, 0.5) is 0 Å². The Bertz CT molecular complexity index is 451. The van der Waals surface area contributed by atoms with E-state index in [1.54, 1.807) is 0 Å². The van der Waals surface area contributed by atoms with Crippen molar-refractivity contribution in [2.75, 3.05) is 6.61 Å². The largest absolute Gasteiger partial charge is 0.489 e. The molecule has 1 aromatic carbocycles. The number of hydrogen-bond acceptors (Lipinski definition) is 3. The third kappa shape index (κ3) is 1.78. The molecule has 0 saturated heterocycles. The minimum Gasteiger partial charge on any atom is -0.489 e. The summed E-state index contributed by atoms with van der Waals surface area (Å²) in [6, 6.07) is 4.04. The molecule has 0 unspecified atom stereocenters. The number of rotatable bonds is 0. The van der Waals surface area contributed by atoms with E-state index in [-0.39, 0.29) is 5.60 Å². The van der Waals surface area contributed by atoms with Crippen molar-refractivity contribution in [2.24, 2.45) is 0 Å². The predicted molar refractivity (Wildman–Crippen MR) is 64.5 cm³/mol. The highest BCUT2D eigenvalue weighted by Crippen LogP contribution is 2.47. The summed E-state index contributed by atoms with van der Waals surface area (Å²) >= 11 is 0. The van der Waals surface area contributed by atoms with Crippen LogP contribution in [0.3, 0.4) is 0 Å². The van der Waals surface area contributed by atoms with Crippen LogP contribution in [0.1, 0.15) is 43.9 Å². The second-order valence-electron chi connectivity index (χ2n) is 5.52. The normalized spacial score (nSPS) is 25.2. The summed E-state index contributed by atoms with van der Waals surface area (Å²) in [5.74, 6) is 1.60. The minimum absolute atomic E-state index is 0.169. The molecule has 0 amide bonds. The maximum atomic E-state index is 10.1. The molecule has 17 heavy (non-hydrogen) atoms. The van der Waals surface area contributed by atoms with Gasteiger partial charge in [-0.1, -0.05) is 12.1 Å². The van der Waals surface area contributed by atoms with Crippen molar-refractivity contribution >= 4 is 0 Å². The van der Waals surface area contributed by atoms with Crippen molar-refractivity contribution in [2.45, 2.75) is 44.8 Å².